The van der Waals surface area contributed by atoms with Gasteiger partial charge in [-0.05, 0) is 23.8 Å². The van der Waals surface area contributed by atoms with Crippen molar-refractivity contribution in [2.45, 2.75) is 0 Å². The quantitative estimate of drug-likeness (QED) is 0.581. The van der Waals surface area contributed by atoms with E-state index in [0.717, 1.165) is 18.2 Å². The molecule has 2 aromatic carbocycles. The van der Waals surface area contributed by atoms with E-state index in [1.807, 2.05) is 6.07 Å². The van der Waals surface area contributed by atoms with E-state index in [1.54, 1.807) is 30.3 Å². The molecule has 0 aliphatic heterocycles. The third-order valence-corrected chi connectivity index (χ3v) is 2.95. The maximum absolute atomic E-state index is 13.6. The summed E-state index contributed by atoms with van der Waals surface area (Å²) in [6, 6.07) is 13.5. The zero-order valence-electron chi connectivity index (χ0n) is 9.70. The second-order valence-electron chi connectivity index (χ2n) is 3.79. The Balaban J connectivity index is 2.62. The number of rotatable bonds is 2. The lowest BCUT2D eigenvalue weighted by molar-refractivity contribution is 0.597. The molecule has 0 saturated carbocycles. The van der Waals surface area contributed by atoms with Crippen LogP contribution in [0.1, 0.15) is 11.1 Å². The molecule has 19 heavy (non-hydrogen) atoms. The summed E-state index contributed by atoms with van der Waals surface area (Å²) in [6.45, 7) is 0. The van der Waals surface area contributed by atoms with Gasteiger partial charge in [0, 0.05) is 5.56 Å². The van der Waals surface area contributed by atoms with Crippen LogP contribution in [0.2, 0.25) is 0 Å². The molecule has 0 fully saturated rings. The molecule has 0 amide bonds. The summed E-state index contributed by atoms with van der Waals surface area (Å²) in [4.78, 5) is 0. The number of nitrogens with zero attached hydrogens (tertiary/aromatic N) is 1. The van der Waals surface area contributed by atoms with Gasteiger partial charge in [-0.2, -0.15) is 5.26 Å². The fraction of sp³-hybridized carbons (Fsp3) is 0. The number of halogens is 3. The SMILES string of the molecule is N#CC(=C(Cl)c1cc(F)ccc1F)c1ccccc1. The Morgan fingerprint density at radius 1 is 1.05 bits per heavy atom. The highest BCUT2D eigenvalue weighted by Gasteiger charge is 2.13. The Bertz CT molecular complexity index is 672. The first kappa shape index (κ1) is 13.3. The number of hydrogen-bond acceptors (Lipinski definition) is 1. The van der Waals surface area contributed by atoms with Gasteiger partial charge in [0.2, 0.25) is 0 Å². The van der Waals surface area contributed by atoms with E-state index in [4.69, 9.17) is 16.9 Å². The molecule has 0 atom stereocenters. The Morgan fingerprint density at radius 2 is 1.74 bits per heavy atom. The number of benzene rings is 2. The van der Waals surface area contributed by atoms with Crippen molar-refractivity contribution in [2.24, 2.45) is 0 Å². The fourth-order valence-electron chi connectivity index (χ4n) is 1.65. The second-order valence-corrected chi connectivity index (χ2v) is 4.17. The van der Waals surface area contributed by atoms with E-state index < -0.39 is 11.6 Å². The molecule has 0 heterocycles. The average molecular weight is 276 g/mol. The molecule has 94 valence electrons. The highest BCUT2D eigenvalue weighted by molar-refractivity contribution is 6.53. The molecule has 0 aromatic heterocycles. The maximum Gasteiger partial charge on any atom is 0.132 e. The Hall–Kier alpha value is -2.18. The number of hydrogen-bond donors (Lipinski definition) is 0. The molecule has 0 saturated heterocycles. The Morgan fingerprint density at radius 3 is 2.37 bits per heavy atom. The van der Waals surface area contributed by atoms with E-state index in [1.165, 1.54) is 0 Å². The molecule has 0 aliphatic rings. The zero-order chi connectivity index (χ0) is 13.8. The van der Waals surface area contributed by atoms with Gasteiger partial charge < -0.3 is 0 Å². The largest absolute Gasteiger partial charge is 0.207 e. The van der Waals surface area contributed by atoms with Crippen LogP contribution in [0.15, 0.2) is 48.5 Å². The van der Waals surface area contributed by atoms with Crippen LogP contribution in [0.5, 0.6) is 0 Å². The summed E-state index contributed by atoms with van der Waals surface area (Å²) in [7, 11) is 0. The molecule has 4 heteroatoms. The molecule has 0 aliphatic carbocycles. The standard InChI is InChI=1S/C15H8ClF2N/c16-15(12-8-11(17)6-7-14(12)18)13(9-19)10-4-2-1-3-5-10/h1-8H. The van der Waals surface area contributed by atoms with E-state index in [2.05, 4.69) is 0 Å². The smallest absolute Gasteiger partial charge is 0.132 e. The molecule has 0 bridgehead atoms. The normalized spacial score (nSPS) is 11.7. The molecule has 2 aromatic rings. The van der Waals surface area contributed by atoms with Crippen LogP contribution >= 0.6 is 11.6 Å². The van der Waals surface area contributed by atoms with Gasteiger partial charge in [0.1, 0.15) is 17.7 Å². The highest BCUT2D eigenvalue weighted by atomic mass is 35.5. The maximum atomic E-state index is 13.6. The lowest BCUT2D eigenvalue weighted by Crippen LogP contribution is -1.91. The molecule has 0 N–H and O–H groups in total. The van der Waals surface area contributed by atoms with E-state index in [9.17, 15) is 8.78 Å². The second kappa shape index (κ2) is 5.64. The van der Waals surface area contributed by atoms with E-state index >= 15 is 0 Å². The monoisotopic (exact) mass is 275 g/mol. The third-order valence-electron chi connectivity index (χ3n) is 2.56. The van der Waals surface area contributed by atoms with Crippen molar-refractivity contribution in [1.29, 1.82) is 5.26 Å². The van der Waals surface area contributed by atoms with Gasteiger partial charge in [0.15, 0.2) is 0 Å². The minimum atomic E-state index is -0.671. The molecular weight excluding hydrogens is 268 g/mol. The number of nitriles is 1. The van der Waals surface area contributed by atoms with Crippen molar-refractivity contribution in [3.05, 3.63) is 71.3 Å². The summed E-state index contributed by atoms with van der Waals surface area (Å²) in [5.74, 6) is -1.28. The predicted octanol–water partition coefficient (Wildman–Crippen LogP) is 4.60. The Labute approximate surface area is 114 Å². The highest BCUT2D eigenvalue weighted by Crippen LogP contribution is 2.31. The van der Waals surface area contributed by atoms with Gasteiger partial charge in [0.25, 0.3) is 0 Å². The number of allylic oxidation sites excluding steroid dienone is 1. The summed E-state index contributed by atoms with van der Waals surface area (Å²) >= 11 is 6.03. The summed E-state index contributed by atoms with van der Waals surface area (Å²) in [5.41, 5.74) is 0.535. The van der Waals surface area contributed by atoms with Gasteiger partial charge in [-0.25, -0.2) is 8.78 Å². The van der Waals surface area contributed by atoms with Crippen LogP contribution < -0.4 is 0 Å². The van der Waals surface area contributed by atoms with Crippen molar-refractivity contribution in [2.75, 3.05) is 0 Å². The zero-order valence-corrected chi connectivity index (χ0v) is 10.5. The van der Waals surface area contributed by atoms with Crippen LogP contribution in [-0.2, 0) is 0 Å². The van der Waals surface area contributed by atoms with Crippen molar-refractivity contribution in [3.63, 3.8) is 0 Å². The van der Waals surface area contributed by atoms with Crippen LogP contribution in [0.3, 0.4) is 0 Å². The molecule has 0 unspecified atom stereocenters. The molecule has 0 radical (unpaired) electrons. The average Bonchev–Trinajstić information content (AvgIpc) is 2.43. The van der Waals surface area contributed by atoms with Crippen LogP contribution in [0.4, 0.5) is 8.78 Å². The van der Waals surface area contributed by atoms with Crippen molar-refractivity contribution < 1.29 is 8.78 Å². The third kappa shape index (κ3) is 2.81. The van der Waals surface area contributed by atoms with Crippen LogP contribution in [-0.4, -0.2) is 0 Å². The van der Waals surface area contributed by atoms with Crippen LogP contribution in [0.25, 0.3) is 10.6 Å². The van der Waals surface area contributed by atoms with Gasteiger partial charge in [0.05, 0.1) is 10.6 Å². The minimum Gasteiger partial charge on any atom is -0.207 e. The van der Waals surface area contributed by atoms with E-state index in [-0.39, 0.29) is 16.2 Å². The summed E-state index contributed by atoms with van der Waals surface area (Å²) < 4.78 is 26.8. The van der Waals surface area contributed by atoms with Gasteiger partial charge >= 0.3 is 0 Å². The molecule has 2 rings (SSSR count). The topological polar surface area (TPSA) is 23.8 Å². The van der Waals surface area contributed by atoms with Crippen molar-refractivity contribution >= 4 is 22.2 Å². The molecular formula is C15H8ClF2N. The van der Waals surface area contributed by atoms with E-state index in [0.29, 0.717) is 5.56 Å². The van der Waals surface area contributed by atoms with Crippen LogP contribution in [0, 0.1) is 23.0 Å². The molecule has 0 spiro atoms. The van der Waals surface area contributed by atoms with Gasteiger partial charge in [-0.3, -0.25) is 0 Å². The summed E-state index contributed by atoms with van der Waals surface area (Å²) in [5, 5.41) is 9.06. The van der Waals surface area contributed by atoms with Gasteiger partial charge in [-0.1, -0.05) is 41.9 Å². The fourth-order valence-corrected chi connectivity index (χ4v) is 1.94. The van der Waals surface area contributed by atoms with Gasteiger partial charge in [-0.15, -0.1) is 0 Å². The first-order valence-electron chi connectivity index (χ1n) is 5.44. The van der Waals surface area contributed by atoms with Crippen molar-refractivity contribution in [3.8, 4) is 6.07 Å². The molecule has 1 nitrogen and oxygen atoms in total. The lowest BCUT2D eigenvalue weighted by Gasteiger charge is -2.06. The summed E-state index contributed by atoms with van der Waals surface area (Å²) in [6.07, 6.45) is 0. The Kier molecular flexibility index (Phi) is 3.94. The minimum absolute atomic E-state index is 0.103. The first-order valence-corrected chi connectivity index (χ1v) is 5.82. The first-order chi connectivity index (χ1) is 9.13. The predicted molar refractivity (Wildman–Crippen MR) is 71.1 cm³/mol. The lowest BCUT2D eigenvalue weighted by atomic mass is 10.0. The van der Waals surface area contributed by atoms with Crippen molar-refractivity contribution in [1.82, 2.24) is 0 Å².